The fraction of sp³-hybridized carbons (Fsp3) is 0.357. The van der Waals surface area contributed by atoms with E-state index in [9.17, 15) is 19.5 Å². The molecule has 0 saturated carbocycles. The Bertz CT molecular complexity index is 554. The molecular formula is C14H18N2O5. The molecule has 2 N–H and O–H groups in total. The molecule has 21 heavy (non-hydrogen) atoms. The van der Waals surface area contributed by atoms with E-state index < -0.39 is 18.5 Å². The third-order valence-electron chi connectivity index (χ3n) is 2.64. The molecule has 7 heteroatoms. The highest BCUT2D eigenvalue weighted by molar-refractivity contribution is 5.94. The van der Waals surface area contributed by atoms with E-state index in [1.54, 1.807) is 27.1 Å². The van der Waals surface area contributed by atoms with Gasteiger partial charge in [0.2, 0.25) is 5.91 Å². The number of amides is 2. The Hall–Kier alpha value is -2.57. The third-order valence-corrected chi connectivity index (χ3v) is 2.64. The van der Waals surface area contributed by atoms with Crippen LogP contribution < -0.4 is 5.32 Å². The van der Waals surface area contributed by atoms with Crippen molar-refractivity contribution in [1.29, 1.82) is 0 Å². The maximum absolute atomic E-state index is 11.7. The number of phenols is 1. The van der Waals surface area contributed by atoms with Crippen LogP contribution in [-0.2, 0) is 14.3 Å². The van der Waals surface area contributed by atoms with Gasteiger partial charge in [0.05, 0.1) is 6.54 Å². The average Bonchev–Trinajstić information content (AvgIpc) is 2.44. The number of aromatic hydroxyl groups is 1. The van der Waals surface area contributed by atoms with Gasteiger partial charge in [-0.3, -0.25) is 9.59 Å². The topological polar surface area (TPSA) is 95.9 Å². The van der Waals surface area contributed by atoms with Gasteiger partial charge < -0.3 is 20.1 Å². The van der Waals surface area contributed by atoms with Gasteiger partial charge in [0, 0.05) is 14.1 Å². The van der Waals surface area contributed by atoms with Crippen molar-refractivity contribution in [1.82, 2.24) is 10.2 Å². The number of hydrogen-bond donors (Lipinski definition) is 2. The van der Waals surface area contributed by atoms with Crippen molar-refractivity contribution in [2.45, 2.75) is 6.92 Å². The molecule has 1 aromatic carbocycles. The van der Waals surface area contributed by atoms with E-state index >= 15 is 0 Å². The van der Waals surface area contributed by atoms with Crippen molar-refractivity contribution < 1.29 is 24.2 Å². The Morgan fingerprint density at radius 1 is 1.29 bits per heavy atom. The lowest BCUT2D eigenvalue weighted by molar-refractivity contribution is -0.131. The number of likely N-dealkylation sites (N-methyl/N-ethyl adjacent to an activating group) is 1. The van der Waals surface area contributed by atoms with Crippen molar-refractivity contribution >= 4 is 17.8 Å². The molecule has 1 aromatic rings. The number of phenolic OH excluding ortho intramolecular Hbond substituents is 1. The second-order valence-electron chi connectivity index (χ2n) is 4.66. The van der Waals surface area contributed by atoms with Gasteiger partial charge in [0.25, 0.3) is 5.91 Å². The van der Waals surface area contributed by atoms with Gasteiger partial charge >= 0.3 is 5.97 Å². The van der Waals surface area contributed by atoms with E-state index in [1.165, 1.54) is 17.0 Å². The Balaban J connectivity index is 2.48. The number of aryl methyl sites for hydroxylation is 1. The van der Waals surface area contributed by atoms with Gasteiger partial charge in [-0.1, -0.05) is 11.6 Å². The molecule has 0 atom stereocenters. The Labute approximate surface area is 122 Å². The molecule has 2 amide bonds. The van der Waals surface area contributed by atoms with Crippen LogP contribution in [0.4, 0.5) is 0 Å². The molecule has 0 unspecified atom stereocenters. The number of benzene rings is 1. The predicted molar refractivity (Wildman–Crippen MR) is 74.8 cm³/mol. The van der Waals surface area contributed by atoms with Crippen LogP contribution in [0.1, 0.15) is 15.9 Å². The third kappa shape index (κ3) is 5.13. The molecule has 0 aliphatic rings. The maximum atomic E-state index is 11.7. The summed E-state index contributed by atoms with van der Waals surface area (Å²) in [4.78, 5) is 35.8. The molecule has 0 fully saturated rings. The van der Waals surface area contributed by atoms with Gasteiger partial charge in [-0.2, -0.15) is 0 Å². The number of ether oxygens (including phenoxy) is 1. The van der Waals surface area contributed by atoms with E-state index in [1.807, 2.05) is 0 Å². The monoisotopic (exact) mass is 294 g/mol. The first-order chi connectivity index (χ1) is 9.81. The number of esters is 1. The quantitative estimate of drug-likeness (QED) is 0.749. The highest BCUT2D eigenvalue weighted by atomic mass is 16.5. The molecular weight excluding hydrogens is 276 g/mol. The molecule has 0 radical (unpaired) electrons. The molecule has 1 rings (SSSR count). The SMILES string of the molecule is Cc1ccc(O)c(C(=O)OCC(=O)NCC(=O)N(C)C)c1. The lowest BCUT2D eigenvalue weighted by atomic mass is 10.1. The minimum absolute atomic E-state index is 0.00725. The number of rotatable bonds is 5. The van der Waals surface area contributed by atoms with Crippen LogP contribution >= 0.6 is 0 Å². The number of carbonyl (C=O) groups excluding carboxylic acids is 3. The van der Waals surface area contributed by atoms with Crippen LogP contribution in [0.3, 0.4) is 0 Å². The summed E-state index contributed by atoms with van der Waals surface area (Å²) in [5.41, 5.74) is 0.771. The number of nitrogens with zero attached hydrogens (tertiary/aromatic N) is 1. The van der Waals surface area contributed by atoms with Crippen molar-refractivity contribution in [2.24, 2.45) is 0 Å². The fourth-order valence-electron chi connectivity index (χ4n) is 1.41. The van der Waals surface area contributed by atoms with Crippen molar-refractivity contribution in [3.8, 4) is 5.75 Å². The predicted octanol–water partition coefficient (Wildman–Crippen LogP) is 0.0618. The second-order valence-corrected chi connectivity index (χ2v) is 4.66. The molecule has 7 nitrogen and oxygen atoms in total. The molecule has 0 saturated heterocycles. The van der Waals surface area contributed by atoms with E-state index in [4.69, 9.17) is 4.74 Å². The van der Waals surface area contributed by atoms with E-state index in [-0.39, 0.29) is 23.8 Å². The van der Waals surface area contributed by atoms with Gasteiger partial charge in [-0.15, -0.1) is 0 Å². The van der Waals surface area contributed by atoms with Crippen LogP contribution in [0.15, 0.2) is 18.2 Å². The van der Waals surface area contributed by atoms with Gasteiger partial charge in [0.1, 0.15) is 11.3 Å². The molecule has 0 aliphatic carbocycles. The summed E-state index contributed by atoms with van der Waals surface area (Å²) in [7, 11) is 3.13. The first-order valence-corrected chi connectivity index (χ1v) is 6.25. The summed E-state index contributed by atoms with van der Waals surface area (Å²) in [5, 5.41) is 11.9. The zero-order valence-electron chi connectivity index (χ0n) is 12.2. The minimum atomic E-state index is -0.801. The largest absolute Gasteiger partial charge is 0.507 e. The summed E-state index contributed by atoms with van der Waals surface area (Å²) >= 11 is 0. The Kier molecular flexibility index (Phi) is 5.71. The fourth-order valence-corrected chi connectivity index (χ4v) is 1.41. The van der Waals surface area contributed by atoms with Crippen LogP contribution in [0.2, 0.25) is 0 Å². The number of nitrogens with one attached hydrogen (secondary N) is 1. The summed E-state index contributed by atoms with van der Waals surface area (Å²) in [5.74, 6) is -1.88. The first kappa shape index (κ1) is 16.5. The highest BCUT2D eigenvalue weighted by Gasteiger charge is 2.15. The molecule has 0 heterocycles. The van der Waals surface area contributed by atoms with E-state index in [0.717, 1.165) is 5.56 Å². The Morgan fingerprint density at radius 2 is 1.95 bits per heavy atom. The second kappa shape index (κ2) is 7.28. The molecule has 0 spiro atoms. The summed E-state index contributed by atoms with van der Waals surface area (Å²) < 4.78 is 4.78. The zero-order chi connectivity index (χ0) is 16.0. The summed E-state index contributed by atoms with van der Waals surface area (Å²) in [6.07, 6.45) is 0. The minimum Gasteiger partial charge on any atom is -0.507 e. The van der Waals surface area contributed by atoms with Crippen LogP contribution in [0, 0.1) is 6.92 Å². The van der Waals surface area contributed by atoms with Crippen LogP contribution in [0.5, 0.6) is 5.75 Å². The van der Waals surface area contributed by atoms with Crippen molar-refractivity contribution in [2.75, 3.05) is 27.2 Å². The lowest BCUT2D eigenvalue weighted by Crippen LogP contribution is -2.38. The van der Waals surface area contributed by atoms with Gasteiger partial charge in [-0.05, 0) is 19.1 Å². The average molecular weight is 294 g/mol. The maximum Gasteiger partial charge on any atom is 0.342 e. The van der Waals surface area contributed by atoms with Crippen LogP contribution in [-0.4, -0.2) is 55.0 Å². The van der Waals surface area contributed by atoms with Gasteiger partial charge in [-0.25, -0.2) is 4.79 Å². The first-order valence-electron chi connectivity index (χ1n) is 6.25. The Morgan fingerprint density at radius 3 is 2.57 bits per heavy atom. The summed E-state index contributed by atoms with van der Waals surface area (Å²) in [6, 6.07) is 4.48. The van der Waals surface area contributed by atoms with Crippen LogP contribution in [0.25, 0.3) is 0 Å². The summed E-state index contributed by atoms with van der Waals surface area (Å²) in [6.45, 7) is 1.07. The molecule has 0 aromatic heterocycles. The smallest absolute Gasteiger partial charge is 0.342 e. The lowest BCUT2D eigenvalue weighted by Gasteiger charge is -2.11. The molecule has 114 valence electrons. The highest BCUT2D eigenvalue weighted by Crippen LogP contribution is 2.18. The molecule has 0 bridgehead atoms. The normalized spacial score (nSPS) is 9.86. The van der Waals surface area contributed by atoms with Crippen molar-refractivity contribution in [3.05, 3.63) is 29.3 Å². The molecule has 0 aliphatic heterocycles. The van der Waals surface area contributed by atoms with Gasteiger partial charge in [0.15, 0.2) is 6.61 Å². The van der Waals surface area contributed by atoms with E-state index in [0.29, 0.717) is 0 Å². The van der Waals surface area contributed by atoms with E-state index in [2.05, 4.69) is 5.32 Å². The zero-order valence-corrected chi connectivity index (χ0v) is 12.2. The standard InChI is InChI=1S/C14H18N2O5/c1-9-4-5-11(17)10(6-9)14(20)21-8-12(18)15-7-13(19)16(2)3/h4-6,17H,7-8H2,1-3H3,(H,15,18). The number of carbonyl (C=O) groups is 3. The number of hydrogen-bond acceptors (Lipinski definition) is 5. The van der Waals surface area contributed by atoms with Crippen molar-refractivity contribution in [3.63, 3.8) is 0 Å².